The molecule has 0 aliphatic rings. The molecule has 0 spiro atoms. The molecule has 0 unspecified atom stereocenters. The average Bonchev–Trinajstić information content (AvgIpc) is 3.32. The fourth-order valence-electron chi connectivity index (χ4n) is 3.37. The highest BCUT2D eigenvalue weighted by Crippen LogP contribution is 2.30. The predicted molar refractivity (Wildman–Crippen MR) is 112 cm³/mol. The molecule has 9 nitrogen and oxygen atoms in total. The van der Waals surface area contributed by atoms with Crippen molar-refractivity contribution in [2.24, 2.45) is 0 Å². The number of hydrogen-bond donors (Lipinski definition) is 1. The molecule has 0 bridgehead atoms. The number of methoxy groups -OCH3 is 2. The van der Waals surface area contributed by atoms with E-state index >= 15 is 0 Å². The van der Waals surface area contributed by atoms with E-state index in [0.717, 1.165) is 28.0 Å². The van der Waals surface area contributed by atoms with E-state index in [1.807, 2.05) is 37.3 Å². The van der Waals surface area contributed by atoms with Crippen LogP contribution in [0.5, 0.6) is 5.75 Å². The van der Waals surface area contributed by atoms with Crippen LogP contribution in [-0.4, -0.2) is 44.7 Å². The molecule has 4 aromatic rings. The van der Waals surface area contributed by atoms with Gasteiger partial charge in [0.2, 0.25) is 5.91 Å². The molecule has 0 radical (unpaired) electrons. The standard InChI is InChI=1S/C21H22N6O3/c1-14-20-18(15-4-6-17(30-3)7-5-15)8-9-22-21(20)27(25-14)12-19(28)24-16-10-23-26(11-16)13-29-2/h4-11H,12-13H2,1-3H3,(H,24,28). The minimum Gasteiger partial charge on any atom is -0.497 e. The van der Waals surface area contributed by atoms with E-state index in [1.54, 1.807) is 42.2 Å². The molecule has 4 rings (SSSR count). The number of ether oxygens (including phenoxy) is 2. The first kappa shape index (κ1) is 19.6. The number of nitrogens with zero attached hydrogens (tertiary/aromatic N) is 5. The van der Waals surface area contributed by atoms with Crippen molar-refractivity contribution in [1.82, 2.24) is 24.5 Å². The molecule has 0 atom stereocenters. The second-order valence-corrected chi connectivity index (χ2v) is 6.76. The molecule has 3 heterocycles. The van der Waals surface area contributed by atoms with Gasteiger partial charge in [0, 0.05) is 18.7 Å². The maximum atomic E-state index is 12.5. The third kappa shape index (κ3) is 3.87. The van der Waals surface area contributed by atoms with Crippen molar-refractivity contribution in [3.63, 3.8) is 0 Å². The number of aromatic nitrogens is 5. The summed E-state index contributed by atoms with van der Waals surface area (Å²) in [5.74, 6) is 0.579. The van der Waals surface area contributed by atoms with Crippen molar-refractivity contribution in [2.75, 3.05) is 19.5 Å². The lowest BCUT2D eigenvalue weighted by Gasteiger charge is -2.07. The minimum absolute atomic E-state index is 0.0405. The first-order valence-electron chi connectivity index (χ1n) is 9.37. The summed E-state index contributed by atoms with van der Waals surface area (Å²) < 4.78 is 13.5. The molecule has 0 saturated carbocycles. The van der Waals surface area contributed by atoms with Crippen LogP contribution in [0.2, 0.25) is 0 Å². The number of amides is 1. The fraction of sp³-hybridized carbons (Fsp3) is 0.238. The zero-order valence-electron chi connectivity index (χ0n) is 17.0. The number of nitrogens with one attached hydrogen (secondary N) is 1. The van der Waals surface area contributed by atoms with Crippen molar-refractivity contribution < 1.29 is 14.3 Å². The molecule has 3 aromatic heterocycles. The van der Waals surface area contributed by atoms with Crippen LogP contribution in [0, 0.1) is 6.92 Å². The maximum absolute atomic E-state index is 12.5. The van der Waals surface area contributed by atoms with Gasteiger partial charge in [-0.2, -0.15) is 10.2 Å². The van der Waals surface area contributed by atoms with Crippen molar-refractivity contribution >= 4 is 22.6 Å². The number of anilines is 1. The van der Waals surface area contributed by atoms with Crippen LogP contribution in [0.1, 0.15) is 5.69 Å². The van der Waals surface area contributed by atoms with Crippen LogP contribution in [-0.2, 0) is 22.8 Å². The molecule has 0 saturated heterocycles. The van der Waals surface area contributed by atoms with E-state index in [0.29, 0.717) is 18.1 Å². The van der Waals surface area contributed by atoms with E-state index in [4.69, 9.17) is 9.47 Å². The van der Waals surface area contributed by atoms with Crippen molar-refractivity contribution in [2.45, 2.75) is 20.2 Å². The summed E-state index contributed by atoms with van der Waals surface area (Å²) in [6, 6.07) is 9.77. The lowest BCUT2D eigenvalue weighted by atomic mass is 10.0. The van der Waals surface area contributed by atoms with Gasteiger partial charge in [0.1, 0.15) is 19.0 Å². The lowest BCUT2D eigenvalue weighted by molar-refractivity contribution is -0.116. The summed E-state index contributed by atoms with van der Waals surface area (Å²) in [6.45, 7) is 2.27. The van der Waals surface area contributed by atoms with Gasteiger partial charge in [0.05, 0.1) is 30.9 Å². The number of carbonyl (C=O) groups is 1. The maximum Gasteiger partial charge on any atom is 0.246 e. The first-order valence-corrected chi connectivity index (χ1v) is 9.37. The smallest absolute Gasteiger partial charge is 0.246 e. The zero-order chi connectivity index (χ0) is 21.1. The number of aryl methyl sites for hydroxylation is 1. The third-order valence-electron chi connectivity index (χ3n) is 4.68. The Hall–Kier alpha value is -3.72. The average molecular weight is 406 g/mol. The van der Waals surface area contributed by atoms with Gasteiger partial charge in [-0.1, -0.05) is 12.1 Å². The SMILES string of the molecule is COCn1cc(NC(=O)Cn2nc(C)c3c(-c4ccc(OC)cc4)ccnc32)cn1. The highest BCUT2D eigenvalue weighted by atomic mass is 16.5. The number of rotatable bonds is 7. The molecule has 0 fully saturated rings. The molecule has 1 N–H and O–H groups in total. The highest BCUT2D eigenvalue weighted by molar-refractivity contribution is 5.96. The Morgan fingerprint density at radius 2 is 1.97 bits per heavy atom. The molecule has 1 amide bonds. The predicted octanol–water partition coefficient (Wildman–Crippen LogP) is 2.85. The molecular weight excluding hydrogens is 384 g/mol. The van der Waals surface area contributed by atoms with Gasteiger partial charge < -0.3 is 14.8 Å². The van der Waals surface area contributed by atoms with Crippen molar-refractivity contribution in [3.05, 3.63) is 54.6 Å². The number of hydrogen-bond acceptors (Lipinski definition) is 6. The van der Waals surface area contributed by atoms with Crippen LogP contribution < -0.4 is 10.1 Å². The van der Waals surface area contributed by atoms with Gasteiger partial charge in [-0.05, 0) is 36.2 Å². The van der Waals surface area contributed by atoms with E-state index in [2.05, 4.69) is 20.5 Å². The quantitative estimate of drug-likeness (QED) is 0.507. The van der Waals surface area contributed by atoms with Crippen LogP contribution in [0.15, 0.2) is 48.9 Å². The van der Waals surface area contributed by atoms with E-state index < -0.39 is 0 Å². The summed E-state index contributed by atoms with van der Waals surface area (Å²) in [6.07, 6.45) is 5.00. The minimum atomic E-state index is -0.215. The van der Waals surface area contributed by atoms with Crippen LogP contribution >= 0.6 is 0 Å². The van der Waals surface area contributed by atoms with E-state index in [1.165, 1.54) is 0 Å². The Balaban J connectivity index is 1.59. The Labute approximate surface area is 173 Å². The second kappa shape index (κ2) is 8.34. The zero-order valence-corrected chi connectivity index (χ0v) is 17.0. The van der Waals surface area contributed by atoms with Gasteiger partial charge in [-0.3, -0.25) is 4.79 Å². The monoisotopic (exact) mass is 406 g/mol. The van der Waals surface area contributed by atoms with E-state index in [-0.39, 0.29) is 12.5 Å². The van der Waals surface area contributed by atoms with Crippen molar-refractivity contribution in [3.8, 4) is 16.9 Å². The molecular formula is C21H22N6O3. The first-order chi connectivity index (χ1) is 14.6. The van der Waals surface area contributed by atoms with Crippen LogP contribution in [0.4, 0.5) is 5.69 Å². The lowest BCUT2D eigenvalue weighted by Crippen LogP contribution is -2.19. The topological polar surface area (TPSA) is 96.1 Å². The molecule has 30 heavy (non-hydrogen) atoms. The third-order valence-corrected chi connectivity index (χ3v) is 4.68. The Bertz CT molecular complexity index is 1180. The van der Waals surface area contributed by atoms with Gasteiger partial charge in [-0.25, -0.2) is 14.3 Å². The number of benzene rings is 1. The normalized spacial score (nSPS) is 11.0. The Morgan fingerprint density at radius 3 is 2.70 bits per heavy atom. The molecule has 9 heteroatoms. The fourth-order valence-corrected chi connectivity index (χ4v) is 3.37. The number of fused-ring (bicyclic) bond motifs is 1. The second-order valence-electron chi connectivity index (χ2n) is 6.76. The van der Waals surface area contributed by atoms with Crippen LogP contribution in [0.3, 0.4) is 0 Å². The highest BCUT2D eigenvalue weighted by Gasteiger charge is 2.16. The molecule has 0 aliphatic carbocycles. The summed E-state index contributed by atoms with van der Waals surface area (Å²) >= 11 is 0. The summed E-state index contributed by atoms with van der Waals surface area (Å²) in [7, 11) is 3.22. The summed E-state index contributed by atoms with van der Waals surface area (Å²) in [5, 5.41) is 12.4. The summed E-state index contributed by atoms with van der Waals surface area (Å²) in [4.78, 5) is 17.0. The van der Waals surface area contributed by atoms with Crippen LogP contribution in [0.25, 0.3) is 22.2 Å². The largest absolute Gasteiger partial charge is 0.497 e. The van der Waals surface area contributed by atoms with Crippen molar-refractivity contribution in [1.29, 1.82) is 0 Å². The van der Waals surface area contributed by atoms with Gasteiger partial charge in [0.25, 0.3) is 0 Å². The molecule has 1 aromatic carbocycles. The van der Waals surface area contributed by atoms with Gasteiger partial charge in [0.15, 0.2) is 5.65 Å². The Morgan fingerprint density at radius 1 is 1.17 bits per heavy atom. The van der Waals surface area contributed by atoms with Gasteiger partial charge in [-0.15, -0.1) is 0 Å². The van der Waals surface area contributed by atoms with Gasteiger partial charge >= 0.3 is 0 Å². The molecule has 0 aliphatic heterocycles. The summed E-state index contributed by atoms with van der Waals surface area (Å²) in [5.41, 5.74) is 4.10. The van der Waals surface area contributed by atoms with E-state index in [9.17, 15) is 4.79 Å². The Kier molecular flexibility index (Phi) is 5.44. The number of pyridine rings is 1. The number of carbonyl (C=O) groups excluding carboxylic acids is 1. The molecule has 154 valence electrons.